The standard InChI is InChI=1S/C48H37NO3/c1-30(15-24-36-31(2)16-26-47-48(36)40-11-5-8-14-44(40)52-47)32-17-19-33(20-18-32)49(35-23-28-46-41(29-35)38-10-4-7-13-43(38)51-46)34-21-25-39-37-9-3-6-12-42(37)50-45(39)27-22-34/h3-4,6-10,12-15,17-24,27-29H,1,5,11,16,25-26H2,2H3/b24-15-. The maximum atomic E-state index is 6.30. The van der Waals surface area contributed by atoms with Gasteiger partial charge in [0, 0.05) is 56.3 Å². The van der Waals surface area contributed by atoms with Gasteiger partial charge in [0.15, 0.2) is 0 Å². The van der Waals surface area contributed by atoms with Gasteiger partial charge in [0.1, 0.15) is 34.0 Å². The molecule has 252 valence electrons. The molecular formula is C48H37NO3. The summed E-state index contributed by atoms with van der Waals surface area (Å²) in [5.41, 5.74) is 14.5. The maximum absolute atomic E-state index is 6.30. The van der Waals surface area contributed by atoms with Crippen molar-refractivity contribution in [1.82, 2.24) is 0 Å². The van der Waals surface area contributed by atoms with Crippen LogP contribution in [-0.2, 0) is 19.3 Å². The van der Waals surface area contributed by atoms with Crippen molar-refractivity contribution in [2.45, 2.75) is 39.0 Å². The molecule has 3 aliphatic rings. The molecule has 0 unspecified atom stereocenters. The molecule has 4 aromatic carbocycles. The van der Waals surface area contributed by atoms with Crippen LogP contribution < -0.4 is 4.90 Å². The van der Waals surface area contributed by atoms with E-state index in [2.05, 4.69) is 128 Å². The minimum absolute atomic E-state index is 0.759. The molecule has 0 amide bonds. The van der Waals surface area contributed by atoms with E-state index in [0.717, 1.165) is 111 Å². The van der Waals surface area contributed by atoms with Gasteiger partial charge in [-0.1, -0.05) is 85.0 Å². The van der Waals surface area contributed by atoms with E-state index in [1.165, 1.54) is 27.8 Å². The van der Waals surface area contributed by atoms with Gasteiger partial charge in [-0.3, -0.25) is 0 Å². The number of hydrogen-bond donors (Lipinski definition) is 0. The summed E-state index contributed by atoms with van der Waals surface area (Å²) in [6.45, 7) is 6.75. The number of furan rings is 3. The zero-order valence-electron chi connectivity index (χ0n) is 29.1. The minimum Gasteiger partial charge on any atom is -0.461 e. The second-order valence-electron chi connectivity index (χ2n) is 14.0. The second-order valence-corrected chi connectivity index (χ2v) is 14.0. The Kier molecular flexibility index (Phi) is 7.17. The highest BCUT2D eigenvalue weighted by Gasteiger charge is 2.26. The molecular weight excluding hydrogens is 639 g/mol. The highest BCUT2D eigenvalue weighted by molar-refractivity contribution is 6.06. The van der Waals surface area contributed by atoms with E-state index in [1.807, 2.05) is 24.3 Å². The third-order valence-electron chi connectivity index (χ3n) is 10.9. The van der Waals surface area contributed by atoms with E-state index < -0.39 is 0 Å². The molecule has 0 saturated heterocycles. The highest BCUT2D eigenvalue weighted by Crippen LogP contribution is 2.42. The van der Waals surface area contributed by atoms with Gasteiger partial charge in [0.2, 0.25) is 0 Å². The number of benzene rings is 4. The third-order valence-corrected chi connectivity index (χ3v) is 10.9. The van der Waals surface area contributed by atoms with Gasteiger partial charge in [-0.25, -0.2) is 0 Å². The summed E-state index contributed by atoms with van der Waals surface area (Å²) in [5, 5.41) is 3.36. The van der Waals surface area contributed by atoms with Crippen LogP contribution in [0.15, 0.2) is 152 Å². The van der Waals surface area contributed by atoms with Gasteiger partial charge in [0.25, 0.3) is 0 Å². The number of para-hydroxylation sites is 2. The average molecular weight is 676 g/mol. The van der Waals surface area contributed by atoms with Crippen LogP contribution in [0.2, 0.25) is 0 Å². The Hall–Kier alpha value is -6.26. The average Bonchev–Trinajstić information content (AvgIpc) is 3.82. The summed E-state index contributed by atoms with van der Waals surface area (Å²) in [7, 11) is 0. The Bertz CT molecular complexity index is 2730. The number of aryl methyl sites for hydroxylation is 1. The number of anilines is 2. The predicted octanol–water partition coefficient (Wildman–Crippen LogP) is 13.2. The van der Waals surface area contributed by atoms with Gasteiger partial charge in [-0.05, 0) is 110 Å². The van der Waals surface area contributed by atoms with Crippen LogP contribution in [0.25, 0.3) is 56.2 Å². The topological polar surface area (TPSA) is 42.7 Å². The van der Waals surface area contributed by atoms with Crippen LogP contribution >= 0.6 is 0 Å². The largest absolute Gasteiger partial charge is 0.461 e. The smallest absolute Gasteiger partial charge is 0.135 e. The van der Waals surface area contributed by atoms with E-state index in [1.54, 1.807) is 0 Å². The van der Waals surface area contributed by atoms with Crippen molar-refractivity contribution >= 4 is 67.6 Å². The summed E-state index contributed by atoms with van der Waals surface area (Å²) in [6.07, 6.45) is 20.2. The first-order valence-electron chi connectivity index (χ1n) is 18.2. The summed E-state index contributed by atoms with van der Waals surface area (Å²) in [4.78, 5) is 2.32. The van der Waals surface area contributed by atoms with Crippen LogP contribution in [0.4, 0.5) is 11.4 Å². The lowest BCUT2D eigenvalue weighted by molar-refractivity contribution is 0.494. The fraction of sp³-hybridized carbons (Fsp3) is 0.125. The summed E-state index contributed by atoms with van der Waals surface area (Å²) < 4.78 is 18.8. The maximum Gasteiger partial charge on any atom is 0.135 e. The molecule has 3 heterocycles. The van der Waals surface area contributed by atoms with Crippen LogP contribution in [0.5, 0.6) is 0 Å². The first-order chi connectivity index (χ1) is 25.6. The summed E-state index contributed by atoms with van der Waals surface area (Å²) >= 11 is 0. The van der Waals surface area contributed by atoms with Gasteiger partial charge >= 0.3 is 0 Å². The molecule has 0 fully saturated rings. The Balaban J connectivity index is 1.01. The Morgan fingerprint density at radius 1 is 0.692 bits per heavy atom. The van der Waals surface area contributed by atoms with E-state index in [-0.39, 0.29) is 0 Å². The lowest BCUT2D eigenvalue weighted by Crippen LogP contribution is -2.15. The molecule has 52 heavy (non-hydrogen) atoms. The summed E-state index contributed by atoms with van der Waals surface area (Å²) in [6, 6.07) is 31.7. The van der Waals surface area contributed by atoms with Crippen LogP contribution in [-0.4, -0.2) is 0 Å². The third kappa shape index (κ3) is 5.05. The zero-order chi connectivity index (χ0) is 34.8. The van der Waals surface area contributed by atoms with E-state index >= 15 is 0 Å². The van der Waals surface area contributed by atoms with Crippen molar-refractivity contribution in [3.05, 3.63) is 179 Å². The second kappa shape index (κ2) is 12.2. The molecule has 3 aliphatic carbocycles. The van der Waals surface area contributed by atoms with E-state index in [0.29, 0.717) is 0 Å². The lowest BCUT2D eigenvalue weighted by atomic mass is 9.85. The van der Waals surface area contributed by atoms with Gasteiger partial charge in [-0.2, -0.15) is 0 Å². The molecule has 3 aromatic heterocycles. The van der Waals surface area contributed by atoms with Gasteiger partial charge < -0.3 is 18.2 Å². The molecule has 0 saturated carbocycles. The number of rotatable bonds is 6. The molecule has 0 spiro atoms. The van der Waals surface area contributed by atoms with Crippen LogP contribution in [0.3, 0.4) is 0 Å². The molecule has 7 aromatic rings. The molecule has 0 radical (unpaired) electrons. The first-order valence-corrected chi connectivity index (χ1v) is 18.2. The van der Waals surface area contributed by atoms with Crippen molar-refractivity contribution in [1.29, 1.82) is 0 Å². The summed E-state index contributed by atoms with van der Waals surface area (Å²) in [5.74, 6) is 3.06. The number of fused-ring (bicyclic) bond motifs is 9. The van der Waals surface area contributed by atoms with Crippen molar-refractivity contribution in [3.8, 4) is 0 Å². The van der Waals surface area contributed by atoms with Crippen LogP contribution in [0.1, 0.15) is 59.3 Å². The van der Waals surface area contributed by atoms with Crippen molar-refractivity contribution < 1.29 is 13.3 Å². The fourth-order valence-electron chi connectivity index (χ4n) is 8.17. The Morgan fingerprint density at radius 2 is 1.44 bits per heavy atom. The van der Waals surface area contributed by atoms with Crippen molar-refractivity contribution in [3.63, 3.8) is 0 Å². The highest BCUT2D eigenvalue weighted by atomic mass is 16.3. The molecule has 0 bridgehead atoms. The molecule has 4 nitrogen and oxygen atoms in total. The van der Waals surface area contributed by atoms with Crippen LogP contribution in [0, 0.1) is 0 Å². The Morgan fingerprint density at radius 3 is 2.31 bits per heavy atom. The molecule has 0 atom stereocenters. The Labute approximate surface area is 302 Å². The monoisotopic (exact) mass is 675 g/mol. The first kappa shape index (κ1) is 30.6. The minimum atomic E-state index is 0.759. The molecule has 0 N–H and O–H groups in total. The van der Waals surface area contributed by atoms with Gasteiger partial charge in [0.05, 0.1) is 0 Å². The number of allylic oxidation sites excluding steroid dienone is 8. The molecule has 10 rings (SSSR count). The quantitative estimate of drug-likeness (QED) is 0.165. The zero-order valence-corrected chi connectivity index (χ0v) is 29.1. The lowest BCUT2D eigenvalue weighted by Gasteiger charge is -2.26. The molecule has 0 aliphatic heterocycles. The van der Waals surface area contributed by atoms with Crippen molar-refractivity contribution in [2.75, 3.05) is 4.90 Å². The van der Waals surface area contributed by atoms with Crippen molar-refractivity contribution in [2.24, 2.45) is 0 Å². The fourth-order valence-corrected chi connectivity index (χ4v) is 8.17. The number of hydrogen-bond acceptors (Lipinski definition) is 4. The van der Waals surface area contributed by atoms with Gasteiger partial charge in [-0.15, -0.1) is 0 Å². The number of nitrogens with zero attached hydrogens (tertiary/aromatic N) is 1. The molecule has 4 heteroatoms. The predicted molar refractivity (Wildman–Crippen MR) is 214 cm³/mol. The van der Waals surface area contributed by atoms with E-state index in [4.69, 9.17) is 13.3 Å². The van der Waals surface area contributed by atoms with E-state index in [9.17, 15) is 0 Å². The SMILES string of the molecule is C=C(/C=C\C1=C(C)CCc2oc3c(c21)CCC=C3)c1ccc(N(C2=CCc3c(oc4ccccc34)C=C2)c2ccc3oc4ccccc4c3c2)cc1. The normalized spacial score (nSPS) is 15.3.